The minimum Gasteiger partial charge on any atom is -0.385 e. The number of ether oxygens (including phenoxy) is 2. The van der Waals surface area contributed by atoms with Crippen molar-refractivity contribution in [3.8, 4) is 0 Å². The molecule has 1 aromatic heterocycles. The Kier molecular flexibility index (Phi) is 6.14. The van der Waals surface area contributed by atoms with Crippen LogP contribution in [0.4, 0.5) is 5.95 Å². The standard InChI is InChI=1S/C8H16N4O2S/c1-13-3-2-4-14-5-6-15-8-10-7(9)11-12-8/h2-6H2,1H3,(H3,9,10,11,12). The molecule has 0 atom stereocenters. The van der Waals surface area contributed by atoms with Gasteiger partial charge in [0.1, 0.15) is 0 Å². The average molecular weight is 232 g/mol. The lowest BCUT2D eigenvalue weighted by Gasteiger charge is -2.01. The van der Waals surface area contributed by atoms with Crippen LogP contribution in [0.5, 0.6) is 0 Å². The van der Waals surface area contributed by atoms with E-state index in [-0.39, 0.29) is 0 Å². The summed E-state index contributed by atoms with van der Waals surface area (Å²) in [5.74, 6) is 1.17. The fraction of sp³-hybridized carbons (Fsp3) is 0.750. The molecule has 0 saturated carbocycles. The van der Waals surface area contributed by atoms with Crippen molar-refractivity contribution in [2.45, 2.75) is 11.6 Å². The Bertz CT molecular complexity index is 269. The van der Waals surface area contributed by atoms with E-state index in [1.165, 1.54) is 11.8 Å². The minimum atomic E-state index is 0.346. The van der Waals surface area contributed by atoms with Crippen LogP contribution in [0, 0.1) is 0 Å². The number of hydrogen-bond donors (Lipinski definition) is 2. The lowest BCUT2D eigenvalue weighted by atomic mass is 10.5. The molecular formula is C8H16N4O2S. The van der Waals surface area contributed by atoms with Gasteiger partial charge in [0.25, 0.3) is 0 Å². The van der Waals surface area contributed by atoms with E-state index in [1.54, 1.807) is 7.11 Å². The Morgan fingerprint density at radius 3 is 2.93 bits per heavy atom. The normalized spacial score (nSPS) is 10.7. The summed E-state index contributed by atoms with van der Waals surface area (Å²) in [6.07, 6.45) is 0.925. The number of nitrogens with one attached hydrogen (secondary N) is 1. The van der Waals surface area contributed by atoms with Gasteiger partial charge < -0.3 is 15.2 Å². The maximum absolute atomic E-state index is 5.38. The molecule has 3 N–H and O–H groups in total. The van der Waals surface area contributed by atoms with E-state index in [9.17, 15) is 0 Å². The molecule has 0 aliphatic heterocycles. The molecule has 1 rings (SSSR count). The van der Waals surface area contributed by atoms with Crippen molar-refractivity contribution in [3.63, 3.8) is 0 Å². The van der Waals surface area contributed by atoms with Gasteiger partial charge in [0.05, 0.1) is 6.61 Å². The number of aromatic nitrogens is 3. The molecule has 0 fully saturated rings. The molecule has 6 nitrogen and oxygen atoms in total. The number of rotatable bonds is 8. The molecule has 0 radical (unpaired) electrons. The highest BCUT2D eigenvalue weighted by atomic mass is 32.2. The molecule has 15 heavy (non-hydrogen) atoms. The van der Waals surface area contributed by atoms with Gasteiger partial charge in [0, 0.05) is 26.1 Å². The zero-order chi connectivity index (χ0) is 10.9. The van der Waals surface area contributed by atoms with Gasteiger partial charge in [0.15, 0.2) is 0 Å². The van der Waals surface area contributed by atoms with E-state index >= 15 is 0 Å². The summed E-state index contributed by atoms with van der Waals surface area (Å²) >= 11 is 1.52. The van der Waals surface area contributed by atoms with E-state index in [1.807, 2.05) is 0 Å². The summed E-state index contributed by atoms with van der Waals surface area (Å²) in [5.41, 5.74) is 5.38. The van der Waals surface area contributed by atoms with Gasteiger partial charge in [-0.25, -0.2) is 5.10 Å². The monoisotopic (exact) mass is 232 g/mol. The molecule has 0 spiro atoms. The molecule has 1 heterocycles. The first-order valence-electron chi connectivity index (χ1n) is 4.70. The van der Waals surface area contributed by atoms with Crippen LogP contribution >= 0.6 is 11.8 Å². The first kappa shape index (κ1) is 12.3. The fourth-order valence-electron chi connectivity index (χ4n) is 0.922. The third kappa shape index (κ3) is 5.60. The molecule has 0 aliphatic carbocycles. The van der Waals surface area contributed by atoms with Gasteiger partial charge in [-0.1, -0.05) is 11.8 Å². The zero-order valence-corrected chi connectivity index (χ0v) is 9.55. The van der Waals surface area contributed by atoms with Gasteiger partial charge >= 0.3 is 0 Å². The van der Waals surface area contributed by atoms with Crippen molar-refractivity contribution in [2.75, 3.05) is 38.4 Å². The van der Waals surface area contributed by atoms with Gasteiger partial charge in [-0.2, -0.15) is 4.98 Å². The zero-order valence-electron chi connectivity index (χ0n) is 8.73. The van der Waals surface area contributed by atoms with E-state index < -0.39 is 0 Å². The van der Waals surface area contributed by atoms with E-state index in [0.29, 0.717) is 17.7 Å². The van der Waals surface area contributed by atoms with Gasteiger partial charge in [-0.05, 0) is 6.42 Å². The highest BCUT2D eigenvalue weighted by Crippen LogP contribution is 2.11. The molecule has 1 aromatic rings. The topological polar surface area (TPSA) is 86.0 Å². The van der Waals surface area contributed by atoms with Crippen LogP contribution < -0.4 is 5.73 Å². The summed E-state index contributed by atoms with van der Waals surface area (Å²) in [7, 11) is 1.68. The van der Waals surface area contributed by atoms with Crippen molar-refractivity contribution < 1.29 is 9.47 Å². The number of aromatic amines is 1. The molecule has 0 bridgehead atoms. The first-order chi connectivity index (χ1) is 7.33. The van der Waals surface area contributed by atoms with Crippen molar-refractivity contribution >= 4 is 17.7 Å². The van der Waals surface area contributed by atoms with E-state index in [2.05, 4.69) is 15.2 Å². The molecule has 0 aliphatic rings. The van der Waals surface area contributed by atoms with Crippen LogP contribution in [0.15, 0.2) is 5.16 Å². The summed E-state index contributed by atoms with van der Waals surface area (Å²) in [6.45, 7) is 2.15. The second-order valence-corrected chi connectivity index (χ2v) is 3.87. The van der Waals surface area contributed by atoms with E-state index in [0.717, 1.165) is 25.4 Å². The Hall–Kier alpha value is -0.790. The number of nitrogens with two attached hydrogens (primary N) is 1. The van der Waals surface area contributed by atoms with Crippen molar-refractivity contribution in [3.05, 3.63) is 0 Å². The summed E-state index contributed by atoms with van der Waals surface area (Å²) in [6, 6.07) is 0. The van der Waals surface area contributed by atoms with E-state index in [4.69, 9.17) is 15.2 Å². The van der Waals surface area contributed by atoms with Gasteiger partial charge in [0.2, 0.25) is 11.1 Å². The molecular weight excluding hydrogens is 216 g/mol. The number of thioether (sulfide) groups is 1. The molecule has 0 amide bonds. The number of hydrogen-bond acceptors (Lipinski definition) is 6. The predicted octanol–water partition coefficient (Wildman–Crippen LogP) is 0.532. The van der Waals surface area contributed by atoms with Gasteiger partial charge in [-0.15, -0.1) is 5.10 Å². The molecule has 7 heteroatoms. The second kappa shape index (κ2) is 7.49. The van der Waals surface area contributed by atoms with Crippen molar-refractivity contribution in [1.29, 1.82) is 0 Å². The Morgan fingerprint density at radius 1 is 1.40 bits per heavy atom. The number of methoxy groups -OCH3 is 1. The summed E-state index contributed by atoms with van der Waals surface area (Å²) < 4.78 is 10.3. The molecule has 0 saturated heterocycles. The Morgan fingerprint density at radius 2 is 2.27 bits per heavy atom. The summed E-state index contributed by atoms with van der Waals surface area (Å²) in [4.78, 5) is 3.96. The maximum atomic E-state index is 5.38. The molecule has 0 unspecified atom stereocenters. The SMILES string of the molecule is COCCCOCCSc1n[nH]c(N)n1. The van der Waals surface area contributed by atoms with Crippen LogP contribution in [0.25, 0.3) is 0 Å². The number of nitrogens with zero attached hydrogens (tertiary/aromatic N) is 2. The van der Waals surface area contributed by atoms with Crippen molar-refractivity contribution in [2.24, 2.45) is 0 Å². The largest absolute Gasteiger partial charge is 0.385 e. The quantitative estimate of drug-likeness (QED) is 0.502. The Balaban J connectivity index is 1.93. The second-order valence-electron chi connectivity index (χ2n) is 2.81. The third-order valence-electron chi connectivity index (χ3n) is 1.58. The number of anilines is 1. The van der Waals surface area contributed by atoms with Crippen LogP contribution in [0.3, 0.4) is 0 Å². The van der Waals surface area contributed by atoms with Crippen LogP contribution in [-0.2, 0) is 9.47 Å². The minimum absolute atomic E-state index is 0.346. The Labute approximate surface area is 92.9 Å². The number of nitrogen functional groups attached to an aromatic ring is 1. The molecule has 86 valence electrons. The van der Waals surface area contributed by atoms with Crippen LogP contribution in [0.1, 0.15) is 6.42 Å². The first-order valence-corrected chi connectivity index (χ1v) is 5.69. The van der Waals surface area contributed by atoms with Crippen LogP contribution in [-0.4, -0.2) is 47.9 Å². The van der Waals surface area contributed by atoms with Crippen LogP contribution in [0.2, 0.25) is 0 Å². The lowest BCUT2D eigenvalue weighted by Crippen LogP contribution is -2.02. The van der Waals surface area contributed by atoms with Gasteiger partial charge in [-0.3, -0.25) is 0 Å². The third-order valence-corrected chi connectivity index (χ3v) is 2.39. The fourth-order valence-corrected chi connectivity index (χ4v) is 1.58. The smallest absolute Gasteiger partial charge is 0.216 e. The lowest BCUT2D eigenvalue weighted by molar-refractivity contribution is 0.113. The maximum Gasteiger partial charge on any atom is 0.216 e. The highest BCUT2D eigenvalue weighted by molar-refractivity contribution is 7.99. The average Bonchev–Trinajstić information content (AvgIpc) is 2.63. The highest BCUT2D eigenvalue weighted by Gasteiger charge is 1.99. The molecule has 0 aromatic carbocycles. The van der Waals surface area contributed by atoms with Crippen molar-refractivity contribution in [1.82, 2.24) is 15.2 Å². The number of H-pyrrole nitrogens is 1. The predicted molar refractivity (Wildman–Crippen MR) is 58.8 cm³/mol. The summed E-state index contributed by atoms with van der Waals surface area (Å²) in [5, 5.41) is 7.13.